The number of sulfonamides is 1. The summed E-state index contributed by atoms with van der Waals surface area (Å²) in [4.78, 5) is 16.3. The normalized spacial score (nSPS) is 11.2. The summed E-state index contributed by atoms with van der Waals surface area (Å²) in [6.07, 6.45) is 5.95. The number of imidazole rings is 1. The van der Waals surface area contributed by atoms with E-state index in [0.29, 0.717) is 18.7 Å². The maximum atomic E-state index is 13.1. The summed E-state index contributed by atoms with van der Waals surface area (Å²) in [6, 6.07) is 11.0. The average molecular weight is 416 g/mol. The highest BCUT2D eigenvalue weighted by Crippen LogP contribution is 2.22. The van der Waals surface area contributed by atoms with Crippen LogP contribution in [-0.2, 0) is 16.6 Å². The predicted molar refractivity (Wildman–Crippen MR) is 108 cm³/mol. The minimum atomic E-state index is -3.90. The zero-order valence-electron chi connectivity index (χ0n) is 15.8. The van der Waals surface area contributed by atoms with Crippen molar-refractivity contribution < 1.29 is 17.6 Å². The Kier molecular flexibility index (Phi) is 6.28. The Balaban J connectivity index is 1.67. The second-order valence-electron chi connectivity index (χ2n) is 6.39. The van der Waals surface area contributed by atoms with Crippen LogP contribution in [0.3, 0.4) is 0 Å². The summed E-state index contributed by atoms with van der Waals surface area (Å²) in [7, 11) is -2.51. The van der Waals surface area contributed by atoms with Crippen molar-refractivity contribution in [3.05, 3.63) is 78.6 Å². The maximum absolute atomic E-state index is 13.1. The molecule has 3 rings (SSSR count). The predicted octanol–water partition coefficient (Wildman–Crippen LogP) is 2.67. The van der Waals surface area contributed by atoms with E-state index in [1.807, 2.05) is 10.8 Å². The van der Waals surface area contributed by atoms with Crippen LogP contribution in [0.5, 0.6) is 0 Å². The average Bonchev–Trinajstić information content (AvgIpc) is 3.25. The summed E-state index contributed by atoms with van der Waals surface area (Å²) in [5, 5.41) is 2.78. The summed E-state index contributed by atoms with van der Waals surface area (Å²) in [5.74, 6) is -0.802. The van der Waals surface area contributed by atoms with Crippen molar-refractivity contribution in [3.8, 4) is 0 Å². The topological polar surface area (TPSA) is 84.3 Å². The summed E-state index contributed by atoms with van der Waals surface area (Å²) >= 11 is 0. The molecule has 0 saturated heterocycles. The van der Waals surface area contributed by atoms with Crippen molar-refractivity contribution in [2.45, 2.75) is 17.9 Å². The van der Waals surface area contributed by atoms with E-state index >= 15 is 0 Å². The van der Waals surface area contributed by atoms with Gasteiger partial charge in [0.15, 0.2) is 0 Å². The molecule has 1 N–H and O–H groups in total. The molecule has 3 aromatic rings. The number of anilines is 1. The fourth-order valence-corrected chi connectivity index (χ4v) is 3.97. The molecule has 0 saturated carbocycles. The van der Waals surface area contributed by atoms with Gasteiger partial charge in [-0.3, -0.25) is 9.10 Å². The van der Waals surface area contributed by atoms with Gasteiger partial charge >= 0.3 is 0 Å². The summed E-state index contributed by atoms with van der Waals surface area (Å²) in [5.41, 5.74) is 0.571. The Morgan fingerprint density at radius 1 is 1.21 bits per heavy atom. The molecule has 9 heteroatoms. The van der Waals surface area contributed by atoms with E-state index in [2.05, 4.69) is 10.3 Å². The molecule has 0 spiro atoms. The minimum Gasteiger partial charge on any atom is -0.352 e. The first-order valence-electron chi connectivity index (χ1n) is 8.96. The van der Waals surface area contributed by atoms with Gasteiger partial charge in [-0.25, -0.2) is 17.8 Å². The number of hydrogen-bond acceptors (Lipinski definition) is 4. The van der Waals surface area contributed by atoms with Crippen LogP contribution in [0.1, 0.15) is 16.8 Å². The zero-order valence-corrected chi connectivity index (χ0v) is 16.6. The van der Waals surface area contributed by atoms with E-state index in [1.54, 1.807) is 18.6 Å². The third-order valence-electron chi connectivity index (χ3n) is 4.38. The van der Waals surface area contributed by atoms with E-state index in [9.17, 15) is 17.6 Å². The number of carbonyl (C=O) groups excluding carboxylic acids is 1. The third-order valence-corrected chi connectivity index (χ3v) is 6.16. The van der Waals surface area contributed by atoms with Gasteiger partial charge in [0.1, 0.15) is 5.82 Å². The van der Waals surface area contributed by atoms with Gasteiger partial charge in [-0.05, 0) is 48.9 Å². The first kappa shape index (κ1) is 20.5. The lowest BCUT2D eigenvalue weighted by atomic mass is 10.2. The highest BCUT2D eigenvalue weighted by molar-refractivity contribution is 7.92. The van der Waals surface area contributed by atoms with Crippen molar-refractivity contribution in [1.82, 2.24) is 14.9 Å². The Hall–Kier alpha value is -3.20. The molecule has 152 valence electrons. The molecule has 0 bridgehead atoms. The number of nitrogens with one attached hydrogen (secondary N) is 1. The van der Waals surface area contributed by atoms with Gasteiger partial charge in [0, 0.05) is 38.1 Å². The molecular formula is C20H21FN4O3S. The number of aromatic nitrogens is 2. The fourth-order valence-electron chi connectivity index (χ4n) is 2.73. The van der Waals surface area contributed by atoms with Crippen LogP contribution in [0.2, 0.25) is 0 Å². The molecule has 29 heavy (non-hydrogen) atoms. The van der Waals surface area contributed by atoms with Gasteiger partial charge in [0.25, 0.3) is 15.9 Å². The maximum Gasteiger partial charge on any atom is 0.264 e. The molecule has 0 aliphatic carbocycles. The highest BCUT2D eigenvalue weighted by Gasteiger charge is 2.22. The lowest BCUT2D eigenvalue weighted by Gasteiger charge is -2.19. The van der Waals surface area contributed by atoms with Gasteiger partial charge < -0.3 is 9.88 Å². The van der Waals surface area contributed by atoms with E-state index in [-0.39, 0.29) is 16.4 Å². The standard InChI is InChI=1S/C20H21FN4O3S/c1-24(18-8-6-17(21)7-9-18)29(27,28)19-5-2-4-16(14-19)20(26)23-10-3-12-25-13-11-22-15-25/h2,4-9,11,13-15H,3,10,12H2,1H3,(H,23,26). The van der Waals surface area contributed by atoms with Crippen molar-refractivity contribution in [2.75, 3.05) is 17.9 Å². The molecule has 1 amide bonds. The number of hydrogen-bond donors (Lipinski definition) is 1. The molecule has 0 aliphatic rings. The number of amides is 1. The van der Waals surface area contributed by atoms with E-state index in [1.165, 1.54) is 49.5 Å². The minimum absolute atomic E-state index is 0.0182. The van der Waals surface area contributed by atoms with Gasteiger partial charge in [-0.1, -0.05) is 6.07 Å². The molecule has 0 atom stereocenters. The fraction of sp³-hybridized carbons (Fsp3) is 0.200. The van der Waals surface area contributed by atoms with Crippen molar-refractivity contribution in [3.63, 3.8) is 0 Å². The smallest absolute Gasteiger partial charge is 0.264 e. The van der Waals surface area contributed by atoms with Crippen molar-refractivity contribution in [1.29, 1.82) is 0 Å². The lowest BCUT2D eigenvalue weighted by molar-refractivity contribution is 0.0952. The van der Waals surface area contributed by atoms with Crippen LogP contribution in [0, 0.1) is 5.82 Å². The molecule has 7 nitrogen and oxygen atoms in total. The first-order chi connectivity index (χ1) is 13.9. The Morgan fingerprint density at radius 2 is 1.97 bits per heavy atom. The van der Waals surface area contributed by atoms with Crippen molar-refractivity contribution >= 4 is 21.6 Å². The Bertz CT molecular complexity index is 1070. The van der Waals surface area contributed by atoms with Crippen molar-refractivity contribution in [2.24, 2.45) is 0 Å². The molecule has 0 unspecified atom stereocenters. The third kappa shape index (κ3) is 5.00. The highest BCUT2D eigenvalue weighted by atomic mass is 32.2. The quantitative estimate of drug-likeness (QED) is 0.572. The number of benzene rings is 2. The van der Waals surface area contributed by atoms with Crippen LogP contribution < -0.4 is 9.62 Å². The second-order valence-corrected chi connectivity index (χ2v) is 8.36. The van der Waals surface area contributed by atoms with Gasteiger partial charge in [0.2, 0.25) is 0 Å². The van der Waals surface area contributed by atoms with Gasteiger partial charge in [-0.2, -0.15) is 0 Å². The number of halogens is 1. The zero-order chi connectivity index (χ0) is 20.9. The van der Waals surface area contributed by atoms with E-state index in [0.717, 1.165) is 10.8 Å². The lowest BCUT2D eigenvalue weighted by Crippen LogP contribution is -2.28. The van der Waals surface area contributed by atoms with E-state index < -0.39 is 15.8 Å². The number of nitrogens with zero attached hydrogens (tertiary/aromatic N) is 3. The largest absolute Gasteiger partial charge is 0.352 e. The molecule has 1 heterocycles. The van der Waals surface area contributed by atoms with Gasteiger partial charge in [0.05, 0.1) is 16.9 Å². The first-order valence-corrected chi connectivity index (χ1v) is 10.4. The molecule has 0 fully saturated rings. The Morgan fingerprint density at radius 3 is 2.66 bits per heavy atom. The van der Waals surface area contributed by atoms with Crippen LogP contribution >= 0.6 is 0 Å². The second kappa shape index (κ2) is 8.87. The molecular weight excluding hydrogens is 395 g/mol. The van der Waals surface area contributed by atoms with Gasteiger partial charge in [-0.15, -0.1) is 0 Å². The number of aryl methyl sites for hydroxylation is 1. The SMILES string of the molecule is CN(c1ccc(F)cc1)S(=O)(=O)c1cccc(C(=O)NCCCn2ccnc2)c1. The molecule has 0 radical (unpaired) electrons. The van der Waals surface area contributed by atoms with E-state index in [4.69, 9.17) is 0 Å². The monoisotopic (exact) mass is 416 g/mol. The Labute approximate surface area is 168 Å². The van der Waals surface area contributed by atoms with Crippen LogP contribution in [0.15, 0.2) is 72.1 Å². The summed E-state index contributed by atoms with van der Waals surface area (Å²) < 4.78 is 41.8. The number of carbonyl (C=O) groups is 1. The molecule has 0 aliphatic heterocycles. The number of rotatable bonds is 8. The summed E-state index contributed by atoms with van der Waals surface area (Å²) in [6.45, 7) is 1.17. The van der Waals surface area contributed by atoms with Crippen LogP contribution in [-0.4, -0.2) is 37.5 Å². The molecule has 2 aromatic carbocycles. The molecule has 1 aromatic heterocycles. The van der Waals surface area contributed by atoms with Crippen LogP contribution in [0.25, 0.3) is 0 Å². The van der Waals surface area contributed by atoms with Crippen LogP contribution in [0.4, 0.5) is 10.1 Å².